The summed E-state index contributed by atoms with van der Waals surface area (Å²) in [5.41, 5.74) is 2.63. The summed E-state index contributed by atoms with van der Waals surface area (Å²) in [7, 11) is 0. The van der Waals surface area contributed by atoms with Gasteiger partial charge in [0.1, 0.15) is 0 Å². The van der Waals surface area contributed by atoms with E-state index in [0.29, 0.717) is 0 Å². The lowest BCUT2D eigenvalue weighted by Gasteiger charge is -2.29. The van der Waals surface area contributed by atoms with Crippen molar-refractivity contribution in [3.63, 3.8) is 0 Å². The van der Waals surface area contributed by atoms with Crippen molar-refractivity contribution in [1.29, 1.82) is 0 Å². The molecule has 0 saturated carbocycles. The minimum absolute atomic E-state index is 0.980. The lowest BCUT2D eigenvalue weighted by molar-refractivity contribution is 0.296. The van der Waals surface area contributed by atoms with Gasteiger partial charge in [-0.15, -0.1) is 0 Å². The number of fused-ring (bicyclic) bond motifs is 1. The van der Waals surface area contributed by atoms with E-state index in [4.69, 9.17) is 0 Å². The maximum Gasteiger partial charge on any atom is 0.0906 e. The fraction of sp³-hybridized carbons (Fsp3) is 0.467. The van der Waals surface area contributed by atoms with Crippen LogP contribution in [0.2, 0.25) is 0 Å². The van der Waals surface area contributed by atoms with Gasteiger partial charge in [0.25, 0.3) is 0 Å². The van der Waals surface area contributed by atoms with Gasteiger partial charge in [-0.1, -0.05) is 6.08 Å². The van der Waals surface area contributed by atoms with Gasteiger partial charge in [0.2, 0.25) is 0 Å². The molecule has 0 amide bonds. The quantitative estimate of drug-likeness (QED) is 0.740. The van der Waals surface area contributed by atoms with Crippen LogP contribution in [0.3, 0.4) is 0 Å². The Bertz CT molecular complexity index is 580. The van der Waals surface area contributed by atoms with Crippen molar-refractivity contribution in [2.45, 2.75) is 32.6 Å². The molecule has 3 heteroatoms. The molecule has 0 N–H and O–H groups in total. The molecule has 1 aromatic heterocycles. The number of rotatable bonds is 1. The van der Waals surface area contributed by atoms with Gasteiger partial charge < -0.3 is 4.90 Å². The number of hydrogen-bond acceptors (Lipinski definition) is 3. The first kappa shape index (κ1) is 11.5. The topological polar surface area (TPSA) is 29.0 Å². The summed E-state index contributed by atoms with van der Waals surface area (Å²) in [6, 6.07) is 0. The maximum atomic E-state index is 4.47. The van der Waals surface area contributed by atoms with Gasteiger partial charge in [-0.3, -0.25) is 9.97 Å². The molecule has 2 heterocycles. The Morgan fingerprint density at radius 3 is 2.67 bits per heavy atom. The molecule has 3 nitrogen and oxygen atoms in total. The molecule has 0 atom stereocenters. The number of likely N-dealkylation sites (tertiary alicyclic amines) is 1. The van der Waals surface area contributed by atoms with Crippen LogP contribution in [0.5, 0.6) is 0 Å². The van der Waals surface area contributed by atoms with Crippen LogP contribution in [0.15, 0.2) is 24.2 Å². The molecule has 94 valence electrons. The van der Waals surface area contributed by atoms with Gasteiger partial charge in [0.05, 0.1) is 10.7 Å². The van der Waals surface area contributed by atoms with Gasteiger partial charge in [0.15, 0.2) is 0 Å². The van der Waals surface area contributed by atoms with E-state index < -0.39 is 0 Å². The molecule has 1 fully saturated rings. The SMILES string of the molecule is CC1=c2nccnc2=CC(N2CCCCC2)=CC1. The molecular formula is C15H19N3. The van der Waals surface area contributed by atoms with Crippen LogP contribution in [0, 0.1) is 0 Å². The Hall–Kier alpha value is -1.64. The molecule has 1 aliphatic heterocycles. The van der Waals surface area contributed by atoms with E-state index in [9.17, 15) is 0 Å². The lowest BCUT2D eigenvalue weighted by atomic mass is 10.1. The molecule has 1 aliphatic carbocycles. The van der Waals surface area contributed by atoms with Crippen molar-refractivity contribution in [3.8, 4) is 0 Å². The number of piperidine rings is 1. The van der Waals surface area contributed by atoms with E-state index in [-0.39, 0.29) is 0 Å². The molecule has 2 aliphatic rings. The van der Waals surface area contributed by atoms with Crippen LogP contribution in [-0.2, 0) is 0 Å². The van der Waals surface area contributed by atoms with E-state index >= 15 is 0 Å². The second kappa shape index (κ2) is 4.92. The van der Waals surface area contributed by atoms with Crippen LogP contribution < -0.4 is 10.7 Å². The van der Waals surface area contributed by atoms with Gasteiger partial charge in [-0.2, -0.15) is 0 Å². The summed E-state index contributed by atoms with van der Waals surface area (Å²) in [5.74, 6) is 0. The Morgan fingerprint density at radius 1 is 1.06 bits per heavy atom. The zero-order valence-corrected chi connectivity index (χ0v) is 10.9. The summed E-state index contributed by atoms with van der Waals surface area (Å²) in [4.78, 5) is 11.4. The first-order valence-electron chi connectivity index (χ1n) is 6.78. The second-order valence-corrected chi connectivity index (χ2v) is 5.10. The molecule has 1 aromatic rings. The molecule has 18 heavy (non-hydrogen) atoms. The number of hydrogen-bond donors (Lipinski definition) is 0. The van der Waals surface area contributed by atoms with Crippen molar-refractivity contribution in [2.24, 2.45) is 0 Å². The van der Waals surface area contributed by atoms with Crippen LogP contribution in [0.1, 0.15) is 32.6 Å². The zero-order chi connectivity index (χ0) is 12.4. The molecule has 0 unspecified atom stereocenters. The molecular weight excluding hydrogens is 222 g/mol. The first-order chi connectivity index (χ1) is 8.84. The predicted molar refractivity (Wildman–Crippen MR) is 73.0 cm³/mol. The second-order valence-electron chi connectivity index (χ2n) is 5.10. The lowest BCUT2D eigenvalue weighted by Crippen LogP contribution is -2.34. The fourth-order valence-corrected chi connectivity index (χ4v) is 2.71. The van der Waals surface area contributed by atoms with Gasteiger partial charge >= 0.3 is 0 Å². The van der Waals surface area contributed by atoms with E-state index in [1.165, 1.54) is 43.6 Å². The van der Waals surface area contributed by atoms with Gasteiger partial charge in [-0.05, 0) is 44.3 Å². The van der Waals surface area contributed by atoms with Crippen molar-refractivity contribution in [1.82, 2.24) is 14.9 Å². The third kappa shape index (κ3) is 2.17. The summed E-state index contributed by atoms with van der Waals surface area (Å²) in [5, 5.41) is 2.07. The highest BCUT2D eigenvalue weighted by Gasteiger charge is 2.13. The number of nitrogens with zero attached hydrogens (tertiary/aromatic N) is 3. The van der Waals surface area contributed by atoms with E-state index in [1.54, 1.807) is 12.4 Å². The van der Waals surface area contributed by atoms with Crippen molar-refractivity contribution < 1.29 is 0 Å². The fourth-order valence-electron chi connectivity index (χ4n) is 2.71. The Labute approximate surface area is 108 Å². The molecule has 0 spiro atoms. The highest BCUT2D eigenvalue weighted by molar-refractivity contribution is 5.53. The Balaban J connectivity index is 2.02. The third-order valence-corrected chi connectivity index (χ3v) is 3.75. The number of allylic oxidation sites excluding steroid dienone is 2. The van der Waals surface area contributed by atoms with Gasteiger partial charge in [-0.25, -0.2) is 0 Å². The smallest absolute Gasteiger partial charge is 0.0906 e. The van der Waals surface area contributed by atoms with Gasteiger partial charge in [0, 0.05) is 31.2 Å². The van der Waals surface area contributed by atoms with Crippen LogP contribution in [-0.4, -0.2) is 28.0 Å². The highest BCUT2D eigenvalue weighted by atomic mass is 15.1. The van der Waals surface area contributed by atoms with Crippen molar-refractivity contribution in [3.05, 3.63) is 34.9 Å². The predicted octanol–water partition coefficient (Wildman–Crippen LogP) is 1.20. The largest absolute Gasteiger partial charge is 0.372 e. The molecule has 0 bridgehead atoms. The summed E-state index contributed by atoms with van der Waals surface area (Å²) in [6.07, 6.45) is 13.0. The van der Waals surface area contributed by atoms with E-state index in [2.05, 4.69) is 33.9 Å². The molecule has 0 aromatic carbocycles. The average Bonchev–Trinajstić information content (AvgIpc) is 2.60. The molecule has 0 radical (unpaired) electrons. The monoisotopic (exact) mass is 241 g/mol. The Kier molecular flexibility index (Phi) is 3.13. The first-order valence-corrected chi connectivity index (χ1v) is 6.78. The van der Waals surface area contributed by atoms with Crippen LogP contribution >= 0.6 is 0 Å². The number of aromatic nitrogens is 2. The van der Waals surface area contributed by atoms with Crippen molar-refractivity contribution >= 4 is 11.6 Å². The average molecular weight is 241 g/mol. The summed E-state index contributed by atoms with van der Waals surface area (Å²) >= 11 is 0. The highest BCUT2D eigenvalue weighted by Crippen LogP contribution is 2.17. The minimum Gasteiger partial charge on any atom is -0.372 e. The maximum absolute atomic E-state index is 4.47. The van der Waals surface area contributed by atoms with Crippen molar-refractivity contribution in [2.75, 3.05) is 13.1 Å². The molecule has 3 rings (SSSR count). The van der Waals surface area contributed by atoms with Crippen LogP contribution in [0.25, 0.3) is 11.6 Å². The minimum atomic E-state index is 0.980. The summed E-state index contributed by atoms with van der Waals surface area (Å²) < 4.78 is 0. The van der Waals surface area contributed by atoms with E-state index in [0.717, 1.165) is 17.1 Å². The normalized spacial score (nSPS) is 19.7. The molecule has 1 saturated heterocycles. The summed E-state index contributed by atoms with van der Waals surface area (Å²) in [6.45, 7) is 4.50. The third-order valence-electron chi connectivity index (χ3n) is 3.75. The van der Waals surface area contributed by atoms with Crippen LogP contribution in [0.4, 0.5) is 0 Å². The Morgan fingerprint density at radius 2 is 1.83 bits per heavy atom. The van der Waals surface area contributed by atoms with E-state index in [1.807, 2.05) is 0 Å². The standard InChI is InChI=1S/C15H19N3/c1-12-5-6-13(18-9-3-2-4-10-18)11-14-15(12)17-8-7-16-14/h6-8,11H,2-5,9-10H2,1H3. The zero-order valence-electron chi connectivity index (χ0n) is 10.9.